The zero-order chi connectivity index (χ0) is 19.8. The number of nitrogens with one attached hydrogen (secondary N) is 1. The van der Waals surface area contributed by atoms with Crippen LogP contribution in [0.5, 0.6) is 0 Å². The number of azo groups is 1. The van der Waals surface area contributed by atoms with E-state index < -0.39 is 21.0 Å². The summed E-state index contributed by atoms with van der Waals surface area (Å²) < 4.78 is 24.6. The normalized spacial score (nSPS) is 20.0. The molecule has 140 valence electrons. The number of hydrogen-bond donors (Lipinski definition) is 2. The Balaban J connectivity index is 2.00. The van der Waals surface area contributed by atoms with Gasteiger partial charge in [-0.2, -0.15) is 0 Å². The third-order valence-electron chi connectivity index (χ3n) is 3.99. The smallest absolute Gasteiger partial charge is 0.299 e. The molecule has 3 rings (SSSR count). The maximum absolute atomic E-state index is 12.6. The summed E-state index contributed by atoms with van der Waals surface area (Å²) in [6, 6.07) is 8.99. The van der Waals surface area contributed by atoms with Crippen LogP contribution in [0.25, 0.3) is 5.69 Å². The molecule has 2 aromatic rings. The molecule has 0 aliphatic heterocycles. The van der Waals surface area contributed by atoms with Gasteiger partial charge in [-0.05, 0) is 32.1 Å². The molecule has 1 aliphatic carbocycles. The van der Waals surface area contributed by atoms with Crippen molar-refractivity contribution in [2.75, 3.05) is 6.26 Å². The van der Waals surface area contributed by atoms with Crippen molar-refractivity contribution < 1.29 is 13.5 Å². The van der Waals surface area contributed by atoms with Crippen LogP contribution in [-0.2, 0) is 9.84 Å². The summed E-state index contributed by atoms with van der Waals surface area (Å²) in [7, 11) is -3.49. The fourth-order valence-electron chi connectivity index (χ4n) is 2.53. The van der Waals surface area contributed by atoms with E-state index in [1.807, 2.05) is 6.07 Å². The number of sulfone groups is 1. The molecule has 0 bridgehead atoms. The van der Waals surface area contributed by atoms with E-state index in [1.54, 1.807) is 31.2 Å². The van der Waals surface area contributed by atoms with Gasteiger partial charge in [0, 0.05) is 12.3 Å². The molecular weight excluding hydrogens is 368 g/mol. The lowest BCUT2D eigenvalue weighted by Crippen LogP contribution is -2.25. The molecule has 0 amide bonds. The number of aryl methyl sites for hydroxylation is 1. The van der Waals surface area contributed by atoms with Crippen LogP contribution in [0.3, 0.4) is 0 Å². The van der Waals surface area contributed by atoms with Crippen LogP contribution in [0.15, 0.2) is 73.8 Å². The minimum absolute atomic E-state index is 0.00108. The van der Waals surface area contributed by atoms with Gasteiger partial charge < -0.3 is 5.11 Å². The second-order valence-electron chi connectivity index (χ2n) is 6.37. The number of aliphatic hydroxyl groups is 1. The van der Waals surface area contributed by atoms with Crippen LogP contribution >= 0.6 is 0 Å². The van der Waals surface area contributed by atoms with Crippen molar-refractivity contribution in [1.29, 1.82) is 0 Å². The maximum Gasteiger partial charge on any atom is 0.299 e. The second-order valence-corrected chi connectivity index (χ2v) is 8.38. The summed E-state index contributed by atoms with van der Waals surface area (Å²) in [6.45, 7) is 3.05. The Bertz CT molecular complexity index is 1180. The van der Waals surface area contributed by atoms with Crippen molar-refractivity contribution in [3.05, 3.63) is 74.9 Å². The molecule has 1 aromatic heterocycles. The van der Waals surface area contributed by atoms with Crippen LogP contribution in [-0.4, -0.2) is 35.2 Å². The second kappa shape index (κ2) is 6.62. The van der Waals surface area contributed by atoms with E-state index in [9.17, 15) is 18.3 Å². The Morgan fingerprint density at radius 3 is 2.48 bits per heavy atom. The fraction of sp³-hybridized carbons (Fsp3) is 0.222. The quantitative estimate of drug-likeness (QED) is 0.619. The molecule has 0 saturated heterocycles. The first-order chi connectivity index (χ1) is 12.6. The number of rotatable bonds is 4. The monoisotopic (exact) mass is 386 g/mol. The first-order valence-corrected chi connectivity index (χ1v) is 9.90. The summed E-state index contributed by atoms with van der Waals surface area (Å²) in [5.41, 5.74) is 1.79. The highest BCUT2D eigenvalue weighted by Crippen LogP contribution is 2.27. The standard InChI is InChI=1S/C18H18N4O4S/c1-12-16(17(23)22(21-12)13-7-5-4-6-8-13)20-19-15-10-9-14(27(3,25)26)11-18(15,2)24/h4-9,11,21,24H,1-3H3. The minimum Gasteiger partial charge on any atom is -0.379 e. The van der Waals surface area contributed by atoms with Gasteiger partial charge in [0.2, 0.25) is 0 Å². The summed E-state index contributed by atoms with van der Waals surface area (Å²) in [4.78, 5) is 12.5. The number of aromatic amines is 1. The Labute approximate surface area is 155 Å². The van der Waals surface area contributed by atoms with Gasteiger partial charge in [0.15, 0.2) is 15.5 Å². The highest BCUT2D eigenvalue weighted by molar-refractivity contribution is 7.94. The van der Waals surface area contributed by atoms with Crippen molar-refractivity contribution in [3.8, 4) is 5.69 Å². The van der Waals surface area contributed by atoms with Crippen LogP contribution in [0.2, 0.25) is 0 Å². The topological polar surface area (TPSA) is 117 Å². The Morgan fingerprint density at radius 2 is 1.89 bits per heavy atom. The molecule has 1 atom stereocenters. The summed E-state index contributed by atoms with van der Waals surface area (Å²) in [5.74, 6) is 0. The molecule has 0 fully saturated rings. The lowest BCUT2D eigenvalue weighted by atomic mass is 10.00. The number of aromatic nitrogens is 2. The van der Waals surface area contributed by atoms with Crippen LogP contribution < -0.4 is 5.56 Å². The number of benzene rings is 1. The molecule has 27 heavy (non-hydrogen) atoms. The average Bonchev–Trinajstić information content (AvgIpc) is 2.87. The Hall–Kier alpha value is -3.00. The first-order valence-electron chi connectivity index (χ1n) is 8.01. The number of nitrogens with zero attached hydrogens (tertiary/aromatic N) is 3. The largest absolute Gasteiger partial charge is 0.379 e. The molecule has 0 spiro atoms. The Morgan fingerprint density at radius 1 is 1.22 bits per heavy atom. The third-order valence-corrected chi connectivity index (χ3v) is 5.08. The van der Waals surface area contributed by atoms with E-state index in [4.69, 9.17) is 0 Å². The Kier molecular flexibility index (Phi) is 4.61. The van der Waals surface area contributed by atoms with E-state index in [2.05, 4.69) is 21.1 Å². The molecule has 1 aliphatic rings. The zero-order valence-electron chi connectivity index (χ0n) is 15.0. The van der Waals surface area contributed by atoms with Crippen molar-refractivity contribution in [3.63, 3.8) is 0 Å². The molecule has 1 aromatic carbocycles. The van der Waals surface area contributed by atoms with Gasteiger partial charge in [-0.3, -0.25) is 9.89 Å². The molecule has 9 heteroatoms. The summed E-state index contributed by atoms with van der Waals surface area (Å²) >= 11 is 0. The highest BCUT2D eigenvalue weighted by Gasteiger charge is 2.29. The minimum atomic E-state index is -3.49. The van der Waals surface area contributed by atoms with E-state index in [0.29, 0.717) is 11.4 Å². The lowest BCUT2D eigenvalue weighted by molar-refractivity contribution is 0.147. The number of para-hydroxylation sites is 1. The van der Waals surface area contributed by atoms with Gasteiger partial charge in [-0.15, -0.1) is 10.2 Å². The van der Waals surface area contributed by atoms with Crippen molar-refractivity contribution >= 4 is 15.5 Å². The predicted molar refractivity (Wildman–Crippen MR) is 101 cm³/mol. The average molecular weight is 386 g/mol. The van der Waals surface area contributed by atoms with E-state index in [-0.39, 0.29) is 16.3 Å². The number of allylic oxidation sites excluding steroid dienone is 1. The van der Waals surface area contributed by atoms with Crippen LogP contribution in [0, 0.1) is 6.92 Å². The van der Waals surface area contributed by atoms with Crippen molar-refractivity contribution in [1.82, 2.24) is 9.78 Å². The van der Waals surface area contributed by atoms with Gasteiger partial charge >= 0.3 is 0 Å². The molecule has 1 unspecified atom stereocenters. The predicted octanol–water partition coefficient (Wildman–Crippen LogP) is 2.29. The number of H-pyrrole nitrogens is 1. The molecule has 8 nitrogen and oxygen atoms in total. The molecule has 2 N–H and O–H groups in total. The summed E-state index contributed by atoms with van der Waals surface area (Å²) in [5, 5.41) is 21.3. The number of hydrogen-bond acceptors (Lipinski definition) is 6. The maximum atomic E-state index is 12.6. The fourth-order valence-corrected chi connectivity index (χ4v) is 3.25. The third kappa shape index (κ3) is 3.75. The van der Waals surface area contributed by atoms with Gasteiger partial charge in [-0.25, -0.2) is 13.1 Å². The van der Waals surface area contributed by atoms with E-state index >= 15 is 0 Å². The van der Waals surface area contributed by atoms with Crippen LogP contribution in [0.4, 0.5) is 5.69 Å². The van der Waals surface area contributed by atoms with Gasteiger partial charge in [0.1, 0.15) is 11.3 Å². The van der Waals surface area contributed by atoms with Gasteiger partial charge in [-0.1, -0.05) is 23.9 Å². The molecular formula is C18H18N4O4S. The van der Waals surface area contributed by atoms with Crippen molar-refractivity contribution in [2.24, 2.45) is 10.2 Å². The first kappa shape index (κ1) is 18.8. The lowest BCUT2D eigenvalue weighted by Gasteiger charge is -2.20. The van der Waals surface area contributed by atoms with Gasteiger partial charge in [0.25, 0.3) is 5.56 Å². The molecule has 0 radical (unpaired) electrons. The van der Waals surface area contributed by atoms with E-state index in [1.165, 1.54) is 23.8 Å². The molecule has 0 saturated carbocycles. The van der Waals surface area contributed by atoms with Gasteiger partial charge in [0.05, 0.1) is 16.3 Å². The van der Waals surface area contributed by atoms with Crippen molar-refractivity contribution in [2.45, 2.75) is 19.4 Å². The SMILES string of the molecule is Cc1[nH]n(-c2ccccc2)c(=O)c1N=NC1=C=CC(S(C)(=O)=O)=CC1(C)O. The highest BCUT2D eigenvalue weighted by atomic mass is 32.2. The zero-order valence-corrected chi connectivity index (χ0v) is 15.8. The molecule has 1 heterocycles. The van der Waals surface area contributed by atoms with Crippen LogP contribution in [0.1, 0.15) is 12.6 Å². The summed E-state index contributed by atoms with van der Waals surface area (Å²) in [6.07, 6.45) is 3.42. The van der Waals surface area contributed by atoms with E-state index in [0.717, 1.165) is 6.26 Å².